The zero-order valence-corrected chi connectivity index (χ0v) is 9.95. The Bertz CT molecular complexity index is 260. The van der Waals surface area contributed by atoms with Crippen LogP contribution in [0.25, 0.3) is 0 Å². The van der Waals surface area contributed by atoms with Gasteiger partial charge in [0.2, 0.25) is 0 Å². The lowest BCUT2D eigenvalue weighted by Gasteiger charge is -2.08. The van der Waals surface area contributed by atoms with Gasteiger partial charge in [-0.3, -0.25) is 0 Å². The number of nitrogens with two attached hydrogens (primary N) is 2. The SMILES string of the molecule is N[C@@H](CS)C(=O)OC(=O)OC(=O)[C@@H](N)CS. The van der Waals surface area contributed by atoms with Gasteiger partial charge in [0, 0.05) is 11.5 Å². The molecule has 0 heterocycles. The number of hydrogen-bond acceptors (Lipinski definition) is 9. The van der Waals surface area contributed by atoms with Crippen LogP contribution in [0.15, 0.2) is 0 Å². The first kappa shape index (κ1) is 15.2. The molecule has 0 aromatic carbocycles. The van der Waals surface area contributed by atoms with Gasteiger partial charge in [-0.05, 0) is 0 Å². The lowest BCUT2D eigenvalue weighted by atomic mass is 10.4. The molecule has 0 rings (SSSR count). The molecule has 0 bridgehead atoms. The zero-order chi connectivity index (χ0) is 12.7. The van der Waals surface area contributed by atoms with Crippen molar-refractivity contribution in [1.29, 1.82) is 0 Å². The number of rotatable bonds is 4. The molecule has 0 saturated carbocycles. The van der Waals surface area contributed by atoms with Crippen molar-refractivity contribution in [2.75, 3.05) is 11.5 Å². The van der Waals surface area contributed by atoms with Crippen molar-refractivity contribution >= 4 is 43.4 Å². The summed E-state index contributed by atoms with van der Waals surface area (Å²) in [5, 5.41) is 0. The highest BCUT2D eigenvalue weighted by molar-refractivity contribution is 7.80. The second kappa shape index (κ2) is 7.49. The van der Waals surface area contributed by atoms with Crippen LogP contribution in [0.5, 0.6) is 0 Å². The highest BCUT2D eigenvalue weighted by atomic mass is 32.1. The highest BCUT2D eigenvalue weighted by Crippen LogP contribution is 1.95. The van der Waals surface area contributed by atoms with Gasteiger partial charge in [0.1, 0.15) is 12.1 Å². The standard InChI is InChI=1S/C7H12N2O5S2/c8-3(1-15)5(10)13-7(12)14-6(11)4(9)2-16/h3-4,15-16H,1-2,8-9H2/t3-,4-/m0/s1. The maximum atomic E-state index is 11.0. The maximum absolute atomic E-state index is 11.0. The fourth-order valence-corrected chi connectivity index (χ4v) is 0.784. The molecule has 0 aromatic rings. The van der Waals surface area contributed by atoms with Crippen molar-refractivity contribution in [2.45, 2.75) is 12.1 Å². The van der Waals surface area contributed by atoms with Gasteiger partial charge >= 0.3 is 18.1 Å². The minimum absolute atomic E-state index is 0.00376. The minimum atomic E-state index is -1.47. The van der Waals surface area contributed by atoms with Crippen molar-refractivity contribution in [3.63, 3.8) is 0 Å². The molecule has 0 amide bonds. The second-order valence-corrected chi connectivity index (χ2v) is 3.40. The van der Waals surface area contributed by atoms with Crippen LogP contribution in [0, 0.1) is 0 Å². The molecule has 0 aromatic heterocycles. The molecule has 9 heteroatoms. The van der Waals surface area contributed by atoms with Crippen molar-refractivity contribution in [3.8, 4) is 0 Å². The summed E-state index contributed by atoms with van der Waals surface area (Å²) >= 11 is 7.44. The third-order valence-corrected chi connectivity index (χ3v) is 2.15. The summed E-state index contributed by atoms with van der Waals surface area (Å²) < 4.78 is 8.19. The molecule has 2 atom stereocenters. The smallest absolute Gasteiger partial charge is 0.359 e. The third-order valence-electron chi connectivity index (χ3n) is 1.37. The molecule has 0 fully saturated rings. The maximum Gasteiger partial charge on any atom is 0.524 e. The average molecular weight is 268 g/mol. The van der Waals surface area contributed by atoms with E-state index in [0.717, 1.165) is 0 Å². The van der Waals surface area contributed by atoms with E-state index in [2.05, 4.69) is 34.7 Å². The molecule has 0 radical (unpaired) electrons. The number of ether oxygens (including phenoxy) is 2. The monoisotopic (exact) mass is 268 g/mol. The summed E-state index contributed by atoms with van der Waals surface area (Å²) in [6.45, 7) is 0. The molecule has 0 aliphatic carbocycles. The molecule has 16 heavy (non-hydrogen) atoms. The third kappa shape index (κ3) is 5.35. The number of hydrogen-bond donors (Lipinski definition) is 4. The summed E-state index contributed by atoms with van der Waals surface area (Å²) in [7, 11) is 0. The Morgan fingerprint density at radius 1 is 0.938 bits per heavy atom. The first-order valence-corrected chi connectivity index (χ1v) is 5.39. The first-order chi connectivity index (χ1) is 7.42. The van der Waals surface area contributed by atoms with Crippen LogP contribution in [-0.2, 0) is 19.1 Å². The van der Waals surface area contributed by atoms with E-state index in [0.29, 0.717) is 0 Å². The normalized spacial score (nSPS) is 13.8. The van der Waals surface area contributed by atoms with Crippen LogP contribution in [-0.4, -0.2) is 41.7 Å². The molecular weight excluding hydrogens is 256 g/mol. The van der Waals surface area contributed by atoms with Gasteiger partial charge in [-0.15, -0.1) is 0 Å². The van der Waals surface area contributed by atoms with Crippen LogP contribution in [0.1, 0.15) is 0 Å². The van der Waals surface area contributed by atoms with E-state index >= 15 is 0 Å². The van der Waals surface area contributed by atoms with Gasteiger partial charge < -0.3 is 20.9 Å². The van der Waals surface area contributed by atoms with E-state index in [9.17, 15) is 14.4 Å². The molecule has 92 valence electrons. The zero-order valence-electron chi connectivity index (χ0n) is 8.16. The molecule has 0 saturated heterocycles. The van der Waals surface area contributed by atoms with Crippen LogP contribution in [0.2, 0.25) is 0 Å². The van der Waals surface area contributed by atoms with E-state index in [1.165, 1.54) is 0 Å². The summed E-state index contributed by atoms with van der Waals surface area (Å²) in [6, 6.07) is -2.13. The molecule has 0 aliphatic rings. The fourth-order valence-electron chi connectivity index (χ4n) is 0.486. The minimum Gasteiger partial charge on any atom is -0.359 e. The summed E-state index contributed by atoms with van der Waals surface area (Å²) in [6.07, 6.45) is -1.47. The van der Waals surface area contributed by atoms with Crippen LogP contribution in [0.4, 0.5) is 4.79 Å². The largest absolute Gasteiger partial charge is 0.524 e. The van der Waals surface area contributed by atoms with E-state index in [1.807, 2.05) is 0 Å². The lowest BCUT2D eigenvalue weighted by Crippen LogP contribution is -2.38. The van der Waals surface area contributed by atoms with E-state index in [1.54, 1.807) is 0 Å². The average Bonchev–Trinajstić information content (AvgIpc) is 2.26. The van der Waals surface area contributed by atoms with Gasteiger partial charge in [0.15, 0.2) is 0 Å². The number of esters is 2. The molecular formula is C7H12N2O5S2. The Labute approximate surface area is 103 Å². The highest BCUT2D eigenvalue weighted by Gasteiger charge is 2.23. The van der Waals surface area contributed by atoms with Gasteiger partial charge in [0.05, 0.1) is 0 Å². The number of carbonyl (C=O) groups is 3. The van der Waals surface area contributed by atoms with Gasteiger partial charge in [-0.1, -0.05) is 0 Å². The molecule has 7 nitrogen and oxygen atoms in total. The van der Waals surface area contributed by atoms with Gasteiger partial charge in [0.25, 0.3) is 0 Å². The summed E-state index contributed by atoms with van der Waals surface area (Å²) in [5.74, 6) is -2.08. The van der Waals surface area contributed by atoms with Crippen LogP contribution in [0.3, 0.4) is 0 Å². The van der Waals surface area contributed by atoms with Crippen molar-refractivity contribution in [3.05, 3.63) is 0 Å². The second-order valence-electron chi connectivity index (χ2n) is 2.67. The lowest BCUT2D eigenvalue weighted by molar-refractivity contribution is -0.147. The molecule has 0 spiro atoms. The number of carbonyl (C=O) groups excluding carboxylic acids is 3. The Morgan fingerprint density at radius 2 is 1.25 bits per heavy atom. The Balaban J connectivity index is 4.09. The fraction of sp³-hybridized carbons (Fsp3) is 0.571. The van der Waals surface area contributed by atoms with E-state index in [-0.39, 0.29) is 11.5 Å². The van der Waals surface area contributed by atoms with Crippen molar-refractivity contribution in [2.24, 2.45) is 11.5 Å². The topological polar surface area (TPSA) is 122 Å². The molecule has 0 unspecified atom stereocenters. The number of thiol groups is 2. The predicted octanol–water partition coefficient (Wildman–Crippen LogP) is -1.29. The van der Waals surface area contributed by atoms with Crippen molar-refractivity contribution < 1.29 is 23.9 Å². The predicted molar refractivity (Wildman–Crippen MR) is 61.2 cm³/mol. The Kier molecular flexibility index (Phi) is 7.13. The van der Waals surface area contributed by atoms with Crippen LogP contribution < -0.4 is 11.5 Å². The Morgan fingerprint density at radius 3 is 1.50 bits per heavy atom. The molecule has 4 N–H and O–H groups in total. The van der Waals surface area contributed by atoms with E-state index < -0.39 is 30.2 Å². The van der Waals surface area contributed by atoms with E-state index in [4.69, 9.17) is 11.5 Å². The summed E-state index contributed by atoms with van der Waals surface area (Å²) in [5.41, 5.74) is 10.4. The van der Waals surface area contributed by atoms with Gasteiger partial charge in [-0.2, -0.15) is 25.3 Å². The quantitative estimate of drug-likeness (QED) is 0.284. The van der Waals surface area contributed by atoms with Crippen LogP contribution >= 0.6 is 25.3 Å². The van der Waals surface area contributed by atoms with Gasteiger partial charge in [-0.25, -0.2) is 14.4 Å². The van der Waals surface area contributed by atoms with Crippen molar-refractivity contribution in [1.82, 2.24) is 0 Å². The first-order valence-electron chi connectivity index (χ1n) is 4.12. The summed E-state index contributed by atoms with van der Waals surface area (Å²) in [4.78, 5) is 32.8. The Hall–Kier alpha value is -0.770. The molecule has 0 aliphatic heterocycles.